The number of hydrogen-bond acceptors (Lipinski definition) is 8. The minimum Gasteiger partial charge on any atom is -0.485 e. The molecule has 9 nitrogen and oxygen atoms in total. The summed E-state index contributed by atoms with van der Waals surface area (Å²) in [7, 11) is 3.78. The third kappa shape index (κ3) is 3.66. The van der Waals surface area contributed by atoms with Crippen LogP contribution in [0, 0.1) is 10.1 Å². The van der Waals surface area contributed by atoms with Gasteiger partial charge in [-0.05, 0) is 26.2 Å². The number of aromatic nitrogens is 2. The van der Waals surface area contributed by atoms with Gasteiger partial charge in [0.2, 0.25) is 5.89 Å². The van der Waals surface area contributed by atoms with E-state index in [2.05, 4.69) is 10.2 Å². The first-order valence-corrected chi connectivity index (χ1v) is 6.12. The monoisotopic (exact) mass is 293 g/mol. The van der Waals surface area contributed by atoms with Crippen LogP contribution in [-0.2, 0) is 0 Å². The predicted molar refractivity (Wildman–Crippen MR) is 74.8 cm³/mol. The summed E-state index contributed by atoms with van der Waals surface area (Å²) in [5.41, 5.74) is 5.58. The molecule has 21 heavy (non-hydrogen) atoms. The van der Waals surface area contributed by atoms with Crippen molar-refractivity contribution in [3.63, 3.8) is 0 Å². The molecule has 1 heterocycles. The Bertz CT molecular complexity index is 640. The number of likely N-dealkylation sites (N-methyl/N-ethyl adjacent to an activating group) is 1. The second-order valence-electron chi connectivity index (χ2n) is 4.54. The molecule has 0 amide bonds. The zero-order valence-corrected chi connectivity index (χ0v) is 11.6. The lowest BCUT2D eigenvalue weighted by Crippen LogP contribution is -2.19. The second-order valence-corrected chi connectivity index (χ2v) is 4.54. The van der Waals surface area contributed by atoms with E-state index in [9.17, 15) is 10.1 Å². The van der Waals surface area contributed by atoms with Crippen molar-refractivity contribution < 1.29 is 14.1 Å². The van der Waals surface area contributed by atoms with Crippen molar-refractivity contribution in [2.24, 2.45) is 0 Å². The number of nitrogens with two attached hydrogens (primary N) is 1. The summed E-state index contributed by atoms with van der Waals surface area (Å²) in [5.74, 6) is 0.313. The van der Waals surface area contributed by atoms with Crippen LogP contribution in [0.1, 0.15) is 0 Å². The topological polar surface area (TPSA) is 121 Å². The molecular weight excluding hydrogens is 278 g/mol. The number of ether oxygens (including phenoxy) is 1. The van der Waals surface area contributed by atoms with Crippen LogP contribution in [-0.4, -0.2) is 47.3 Å². The molecule has 2 rings (SSSR count). The highest BCUT2D eigenvalue weighted by Crippen LogP contribution is 2.32. The molecule has 0 fully saturated rings. The molecular formula is C12H15N5O4. The van der Waals surface area contributed by atoms with Crippen molar-refractivity contribution >= 4 is 11.7 Å². The number of hydrogen-bond donors (Lipinski definition) is 1. The van der Waals surface area contributed by atoms with E-state index in [0.717, 1.165) is 0 Å². The standard InChI is InChI=1S/C12H15N5O4/c1-16(2)5-6-20-10-4-3-8(7-9(10)17(18)19)11-14-15-12(13)21-11/h3-4,7H,5-6H2,1-2H3,(H2,13,15). The van der Waals surface area contributed by atoms with Crippen molar-refractivity contribution in [2.45, 2.75) is 0 Å². The van der Waals surface area contributed by atoms with Crippen molar-refractivity contribution in [3.8, 4) is 17.2 Å². The third-order valence-corrected chi connectivity index (χ3v) is 2.64. The molecule has 0 saturated heterocycles. The van der Waals surface area contributed by atoms with E-state index >= 15 is 0 Å². The van der Waals surface area contributed by atoms with Crippen molar-refractivity contribution in [1.29, 1.82) is 0 Å². The van der Waals surface area contributed by atoms with Gasteiger partial charge in [0.25, 0.3) is 0 Å². The van der Waals surface area contributed by atoms with Crippen LogP contribution in [0.4, 0.5) is 11.7 Å². The van der Waals surface area contributed by atoms with Crippen LogP contribution < -0.4 is 10.5 Å². The Balaban J connectivity index is 2.25. The first kappa shape index (κ1) is 14.7. The Morgan fingerprint density at radius 1 is 1.43 bits per heavy atom. The summed E-state index contributed by atoms with van der Waals surface area (Å²) < 4.78 is 10.5. The van der Waals surface area contributed by atoms with Gasteiger partial charge in [-0.15, -0.1) is 5.10 Å². The largest absolute Gasteiger partial charge is 0.485 e. The van der Waals surface area contributed by atoms with Crippen molar-refractivity contribution in [1.82, 2.24) is 15.1 Å². The SMILES string of the molecule is CN(C)CCOc1ccc(-c2nnc(N)o2)cc1[N+](=O)[O-]. The smallest absolute Gasteiger partial charge is 0.313 e. The summed E-state index contributed by atoms with van der Waals surface area (Å²) in [4.78, 5) is 12.5. The molecule has 0 aliphatic rings. The van der Waals surface area contributed by atoms with E-state index in [1.54, 1.807) is 6.07 Å². The number of nitro groups is 1. The first-order valence-electron chi connectivity index (χ1n) is 6.12. The highest BCUT2D eigenvalue weighted by Gasteiger charge is 2.18. The Morgan fingerprint density at radius 3 is 2.76 bits per heavy atom. The van der Waals surface area contributed by atoms with Crippen LogP contribution in [0.2, 0.25) is 0 Å². The summed E-state index contributed by atoms with van der Waals surface area (Å²) in [6.45, 7) is 1.000. The lowest BCUT2D eigenvalue weighted by atomic mass is 10.2. The molecule has 2 aromatic rings. The quantitative estimate of drug-likeness (QED) is 0.622. The van der Waals surface area contributed by atoms with Gasteiger partial charge in [0.1, 0.15) is 6.61 Å². The van der Waals surface area contributed by atoms with Crippen LogP contribution in [0.5, 0.6) is 5.75 Å². The Labute approximate surface area is 120 Å². The molecule has 0 atom stereocenters. The molecule has 9 heteroatoms. The van der Waals surface area contributed by atoms with Gasteiger partial charge in [-0.2, -0.15) is 0 Å². The lowest BCUT2D eigenvalue weighted by Gasteiger charge is -2.11. The van der Waals surface area contributed by atoms with Gasteiger partial charge in [-0.1, -0.05) is 5.10 Å². The summed E-state index contributed by atoms with van der Waals surface area (Å²) >= 11 is 0. The van der Waals surface area contributed by atoms with E-state index in [1.807, 2.05) is 19.0 Å². The molecule has 0 bridgehead atoms. The van der Waals surface area contributed by atoms with Gasteiger partial charge in [0.05, 0.1) is 4.92 Å². The minimum atomic E-state index is -0.520. The predicted octanol–water partition coefficient (Wildman–Crippen LogP) is 1.17. The average Bonchev–Trinajstić information content (AvgIpc) is 2.85. The highest BCUT2D eigenvalue weighted by atomic mass is 16.6. The average molecular weight is 293 g/mol. The number of anilines is 1. The van der Waals surface area contributed by atoms with Gasteiger partial charge in [-0.3, -0.25) is 10.1 Å². The normalized spacial score (nSPS) is 10.8. The zero-order chi connectivity index (χ0) is 15.4. The number of nitrogens with zero attached hydrogens (tertiary/aromatic N) is 4. The third-order valence-electron chi connectivity index (χ3n) is 2.64. The van der Waals surface area contributed by atoms with Crippen molar-refractivity contribution in [3.05, 3.63) is 28.3 Å². The molecule has 0 radical (unpaired) electrons. The van der Waals surface area contributed by atoms with Gasteiger partial charge in [0.15, 0.2) is 5.75 Å². The van der Waals surface area contributed by atoms with Crippen LogP contribution >= 0.6 is 0 Å². The van der Waals surface area contributed by atoms with Gasteiger partial charge in [-0.25, -0.2) is 0 Å². The van der Waals surface area contributed by atoms with E-state index in [0.29, 0.717) is 18.7 Å². The van der Waals surface area contributed by atoms with Crippen LogP contribution in [0.3, 0.4) is 0 Å². The zero-order valence-electron chi connectivity index (χ0n) is 11.6. The van der Waals surface area contributed by atoms with E-state index in [4.69, 9.17) is 14.9 Å². The van der Waals surface area contributed by atoms with Crippen LogP contribution in [0.25, 0.3) is 11.5 Å². The Kier molecular flexibility index (Phi) is 4.33. The molecule has 0 unspecified atom stereocenters. The van der Waals surface area contributed by atoms with E-state index in [-0.39, 0.29) is 23.3 Å². The maximum Gasteiger partial charge on any atom is 0.313 e. The maximum atomic E-state index is 11.1. The van der Waals surface area contributed by atoms with E-state index < -0.39 is 4.92 Å². The molecule has 0 saturated carbocycles. The number of nitro benzene ring substituents is 1. The lowest BCUT2D eigenvalue weighted by molar-refractivity contribution is -0.385. The molecule has 0 spiro atoms. The Morgan fingerprint density at radius 2 is 2.19 bits per heavy atom. The molecule has 112 valence electrons. The molecule has 1 aromatic heterocycles. The number of benzene rings is 1. The second kappa shape index (κ2) is 6.18. The summed E-state index contributed by atoms with van der Waals surface area (Å²) in [5, 5.41) is 18.3. The van der Waals surface area contributed by atoms with Gasteiger partial charge in [0, 0.05) is 18.2 Å². The van der Waals surface area contributed by atoms with E-state index in [1.165, 1.54) is 12.1 Å². The Hall–Kier alpha value is -2.68. The highest BCUT2D eigenvalue weighted by molar-refractivity contribution is 5.62. The maximum absolute atomic E-state index is 11.1. The molecule has 2 N–H and O–H groups in total. The molecule has 0 aliphatic heterocycles. The fourth-order valence-corrected chi connectivity index (χ4v) is 1.60. The molecule has 1 aromatic carbocycles. The minimum absolute atomic E-state index is 0.0982. The number of nitrogen functional groups attached to an aromatic ring is 1. The summed E-state index contributed by atoms with van der Waals surface area (Å²) in [6.07, 6.45) is 0. The fourth-order valence-electron chi connectivity index (χ4n) is 1.60. The molecule has 0 aliphatic carbocycles. The van der Waals surface area contributed by atoms with Gasteiger partial charge >= 0.3 is 11.7 Å². The van der Waals surface area contributed by atoms with Crippen molar-refractivity contribution in [2.75, 3.05) is 33.0 Å². The number of rotatable bonds is 6. The summed E-state index contributed by atoms with van der Waals surface area (Å²) in [6, 6.07) is 4.32. The fraction of sp³-hybridized carbons (Fsp3) is 0.333. The van der Waals surface area contributed by atoms with Crippen LogP contribution in [0.15, 0.2) is 22.6 Å². The first-order chi connectivity index (χ1) is 9.97. The van der Waals surface area contributed by atoms with Gasteiger partial charge < -0.3 is 19.8 Å².